The van der Waals surface area contributed by atoms with Crippen LogP contribution in [0.2, 0.25) is 0 Å². The Bertz CT molecular complexity index is 309. The Labute approximate surface area is 170 Å². The van der Waals surface area contributed by atoms with E-state index in [1.165, 1.54) is 77.0 Å². The largest absolute Gasteiger partial charge is 1.00 e. The van der Waals surface area contributed by atoms with Crippen molar-refractivity contribution in [2.24, 2.45) is 0 Å². The lowest BCUT2D eigenvalue weighted by atomic mass is 10.0. The highest BCUT2D eigenvalue weighted by Crippen LogP contribution is 2.12. The molecule has 1 N–H and O–H groups in total. The summed E-state index contributed by atoms with van der Waals surface area (Å²) in [4.78, 5) is 11.9. The van der Waals surface area contributed by atoms with Gasteiger partial charge in [0.2, 0.25) is 5.91 Å². The molecule has 0 fully saturated rings. The summed E-state index contributed by atoms with van der Waals surface area (Å²) in [6.07, 6.45) is 19.4. The van der Waals surface area contributed by atoms with Gasteiger partial charge in [0.15, 0.2) is 6.67 Å². The van der Waals surface area contributed by atoms with Crippen LogP contribution >= 0.6 is 0 Å². The highest BCUT2D eigenvalue weighted by Gasteiger charge is 2.14. The number of nitrogens with one attached hydrogen (secondary N) is 1. The van der Waals surface area contributed by atoms with Gasteiger partial charge in [-0.05, 0) is 12.8 Å². The van der Waals surface area contributed by atoms with Crippen molar-refractivity contribution in [1.82, 2.24) is 5.32 Å². The lowest BCUT2D eigenvalue weighted by molar-refractivity contribution is -0.892. The van der Waals surface area contributed by atoms with Crippen molar-refractivity contribution >= 4 is 5.91 Å². The van der Waals surface area contributed by atoms with Crippen LogP contribution in [0.25, 0.3) is 0 Å². The van der Waals surface area contributed by atoms with E-state index in [1.807, 2.05) is 0 Å². The molecule has 0 aliphatic heterocycles. The Morgan fingerprint density at radius 2 is 1.12 bits per heavy atom. The lowest BCUT2D eigenvalue weighted by Crippen LogP contribution is -3.00. The molecule has 158 valence electrons. The molecule has 0 aromatic heterocycles. The minimum Gasteiger partial charge on any atom is -1.00 e. The van der Waals surface area contributed by atoms with E-state index in [2.05, 4.69) is 33.3 Å². The number of halogens is 1. The Kier molecular flexibility index (Phi) is 20.9. The molecule has 0 radical (unpaired) electrons. The van der Waals surface area contributed by atoms with Crippen LogP contribution in [-0.4, -0.2) is 37.7 Å². The Hall–Kier alpha value is -0.280. The molecule has 0 rings (SSSR count). The number of rotatable bonds is 18. The second-order valence-corrected chi connectivity index (χ2v) is 8.41. The van der Waals surface area contributed by atoms with E-state index >= 15 is 0 Å². The van der Waals surface area contributed by atoms with E-state index in [1.54, 1.807) is 0 Å². The molecular formula is C22H47ClN2O. The van der Waals surface area contributed by atoms with Crippen molar-refractivity contribution in [3.05, 3.63) is 0 Å². The fraction of sp³-hybridized carbons (Fsp3) is 0.955. The number of nitrogens with zero attached hydrogens (tertiary/aromatic N) is 1. The number of carbonyl (C=O) groups excluding carboxylic acids is 1. The third-order valence-corrected chi connectivity index (χ3v) is 5.04. The van der Waals surface area contributed by atoms with Gasteiger partial charge in [-0.25, -0.2) is 0 Å². The number of carbonyl (C=O) groups is 1. The summed E-state index contributed by atoms with van der Waals surface area (Å²) in [6.45, 7) is 6.33. The second-order valence-electron chi connectivity index (χ2n) is 8.41. The summed E-state index contributed by atoms with van der Waals surface area (Å²) < 4.78 is 0.876. The van der Waals surface area contributed by atoms with Gasteiger partial charge < -0.3 is 22.2 Å². The average Bonchev–Trinajstić information content (AvgIpc) is 2.57. The number of hydrogen-bond acceptors (Lipinski definition) is 1. The van der Waals surface area contributed by atoms with E-state index in [-0.39, 0.29) is 18.3 Å². The molecule has 0 atom stereocenters. The van der Waals surface area contributed by atoms with Crippen LogP contribution < -0.4 is 17.7 Å². The Morgan fingerprint density at radius 3 is 1.54 bits per heavy atom. The number of hydrogen-bond donors (Lipinski definition) is 1. The molecule has 0 aliphatic rings. The minimum atomic E-state index is 0. The summed E-state index contributed by atoms with van der Waals surface area (Å²) in [5, 5.41) is 3.08. The first kappa shape index (κ1) is 27.9. The quantitative estimate of drug-likeness (QED) is 0.217. The first-order valence-corrected chi connectivity index (χ1v) is 11.1. The predicted molar refractivity (Wildman–Crippen MR) is 111 cm³/mol. The van der Waals surface area contributed by atoms with Crippen molar-refractivity contribution in [3.63, 3.8) is 0 Å². The maximum Gasteiger partial charge on any atom is 0.224 e. The molecule has 0 bridgehead atoms. The van der Waals surface area contributed by atoms with E-state index in [9.17, 15) is 4.79 Å². The van der Waals surface area contributed by atoms with Crippen LogP contribution in [0.15, 0.2) is 0 Å². The zero-order chi connectivity index (χ0) is 18.8. The molecule has 1 amide bonds. The van der Waals surface area contributed by atoms with Gasteiger partial charge in [0, 0.05) is 6.42 Å². The van der Waals surface area contributed by atoms with E-state index in [0.717, 1.165) is 30.5 Å². The van der Waals surface area contributed by atoms with Crippen LogP contribution in [0.1, 0.15) is 110 Å². The molecule has 3 nitrogen and oxygen atoms in total. The number of amides is 1. The Morgan fingerprint density at radius 1 is 0.692 bits per heavy atom. The highest BCUT2D eigenvalue weighted by atomic mass is 35.5. The summed E-state index contributed by atoms with van der Waals surface area (Å²) >= 11 is 0. The Balaban J connectivity index is 0. The van der Waals surface area contributed by atoms with Crippen LogP contribution in [0.4, 0.5) is 0 Å². The normalized spacial score (nSPS) is 11.2. The smallest absolute Gasteiger partial charge is 0.224 e. The lowest BCUT2D eigenvalue weighted by Gasteiger charge is -2.29. The maximum atomic E-state index is 11.9. The topological polar surface area (TPSA) is 29.1 Å². The first-order chi connectivity index (χ1) is 12.0. The zero-order valence-electron chi connectivity index (χ0n) is 18.3. The van der Waals surface area contributed by atoms with Crippen LogP contribution in [0.3, 0.4) is 0 Å². The molecule has 0 saturated heterocycles. The van der Waals surface area contributed by atoms with Gasteiger partial charge in [-0.2, -0.15) is 0 Å². The molecule has 0 aromatic carbocycles. The standard InChI is InChI=1S/C22H46N2O.ClH/c1-5-7-8-9-10-11-12-13-14-15-16-17-18-19-22(25)23-21-24(3,4)20-6-2;/h5-21H2,1-4H3;1H. The second kappa shape index (κ2) is 19.5. The van der Waals surface area contributed by atoms with Crippen LogP contribution in [0, 0.1) is 0 Å². The molecule has 0 aromatic rings. The average molecular weight is 391 g/mol. The van der Waals surface area contributed by atoms with Crippen molar-refractivity contribution < 1.29 is 21.7 Å². The summed E-state index contributed by atoms with van der Waals surface area (Å²) in [5.74, 6) is 0.227. The van der Waals surface area contributed by atoms with Gasteiger partial charge in [0.25, 0.3) is 0 Å². The minimum absolute atomic E-state index is 0. The molecule has 26 heavy (non-hydrogen) atoms. The number of quaternary nitrogens is 1. The molecular weight excluding hydrogens is 344 g/mol. The fourth-order valence-corrected chi connectivity index (χ4v) is 3.38. The van der Waals surface area contributed by atoms with E-state index < -0.39 is 0 Å². The van der Waals surface area contributed by atoms with Crippen molar-refractivity contribution in [3.8, 4) is 0 Å². The maximum absolute atomic E-state index is 11.9. The zero-order valence-corrected chi connectivity index (χ0v) is 19.0. The van der Waals surface area contributed by atoms with Crippen molar-refractivity contribution in [2.45, 2.75) is 110 Å². The molecule has 4 heteroatoms. The van der Waals surface area contributed by atoms with Gasteiger partial charge >= 0.3 is 0 Å². The summed E-state index contributed by atoms with van der Waals surface area (Å²) in [6, 6.07) is 0. The monoisotopic (exact) mass is 390 g/mol. The third kappa shape index (κ3) is 20.0. The molecule has 0 unspecified atom stereocenters. The number of unbranched alkanes of at least 4 members (excludes halogenated alkanes) is 12. The van der Waals surface area contributed by atoms with E-state index in [4.69, 9.17) is 0 Å². The third-order valence-electron chi connectivity index (χ3n) is 5.04. The predicted octanol–water partition coefficient (Wildman–Crippen LogP) is 3.03. The molecule has 0 aliphatic carbocycles. The van der Waals surface area contributed by atoms with Crippen LogP contribution in [-0.2, 0) is 4.79 Å². The first-order valence-electron chi connectivity index (χ1n) is 11.1. The van der Waals surface area contributed by atoms with E-state index in [0.29, 0.717) is 6.42 Å². The summed E-state index contributed by atoms with van der Waals surface area (Å²) in [7, 11) is 4.35. The van der Waals surface area contributed by atoms with Gasteiger partial charge in [0.05, 0.1) is 20.6 Å². The van der Waals surface area contributed by atoms with Crippen molar-refractivity contribution in [2.75, 3.05) is 27.3 Å². The van der Waals surface area contributed by atoms with Gasteiger partial charge in [-0.15, -0.1) is 0 Å². The fourth-order valence-electron chi connectivity index (χ4n) is 3.38. The van der Waals surface area contributed by atoms with Gasteiger partial charge in [-0.3, -0.25) is 4.79 Å². The SMILES string of the molecule is CCCCCCCCCCCCCCCC(=O)NC[N+](C)(C)CCC.[Cl-]. The van der Waals surface area contributed by atoms with Crippen LogP contribution in [0.5, 0.6) is 0 Å². The molecule has 0 saturated carbocycles. The van der Waals surface area contributed by atoms with Gasteiger partial charge in [-0.1, -0.05) is 90.9 Å². The van der Waals surface area contributed by atoms with Gasteiger partial charge in [0.1, 0.15) is 0 Å². The highest BCUT2D eigenvalue weighted by molar-refractivity contribution is 5.75. The molecule has 0 spiro atoms. The molecule has 0 heterocycles. The summed E-state index contributed by atoms with van der Waals surface area (Å²) in [5.41, 5.74) is 0. The van der Waals surface area contributed by atoms with Crippen molar-refractivity contribution in [1.29, 1.82) is 0 Å².